The summed E-state index contributed by atoms with van der Waals surface area (Å²) < 4.78 is 9.32. The number of carboxylic acids is 1. The number of halogens is 1. The molecule has 0 spiro atoms. The minimum absolute atomic E-state index is 0. The zero-order valence-electron chi connectivity index (χ0n) is 30.1. The SMILES string of the molecule is CC(C)[C@@H](N)C(=O)N[C@@H](C)C1CCCCC1.CC(C)[C@@H]([B]OC=N)C(=O)N[C@@H](C)C1CCCCC1.CC(C)[C@@H]([B]OC=N)C(=O)O.Cl. The third-order valence-corrected chi connectivity index (χ3v) is 9.09. The summed E-state index contributed by atoms with van der Waals surface area (Å²) in [6, 6.07) is 0.131. The van der Waals surface area contributed by atoms with Gasteiger partial charge < -0.3 is 30.8 Å². The molecule has 0 saturated heterocycles. The number of amides is 2. The van der Waals surface area contributed by atoms with Gasteiger partial charge in [0.15, 0.2) is 0 Å². The van der Waals surface area contributed by atoms with Gasteiger partial charge in [0.1, 0.15) is 12.8 Å². The zero-order chi connectivity index (χ0) is 35.2. The monoisotopic (exact) mass is 683 g/mol. The molecule has 2 aliphatic carbocycles. The Morgan fingerprint density at radius 3 is 1.36 bits per heavy atom. The third-order valence-electron chi connectivity index (χ3n) is 9.09. The lowest BCUT2D eigenvalue weighted by Crippen LogP contribution is -2.49. The van der Waals surface area contributed by atoms with Crippen LogP contribution < -0.4 is 16.4 Å². The van der Waals surface area contributed by atoms with Crippen LogP contribution in [0.5, 0.6) is 0 Å². The summed E-state index contributed by atoms with van der Waals surface area (Å²) in [5.74, 6) is -0.246. The maximum atomic E-state index is 12.2. The van der Waals surface area contributed by atoms with E-state index in [1.165, 1.54) is 71.7 Å². The van der Waals surface area contributed by atoms with E-state index >= 15 is 0 Å². The highest BCUT2D eigenvalue weighted by atomic mass is 35.5. The number of nitrogens with two attached hydrogens (primary N) is 1. The van der Waals surface area contributed by atoms with Gasteiger partial charge in [-0.25, -0.2) is 0 Å². The van der Waals surface area contributed by atoms with E-state index in [9.17, 15) is 14.4 Å². The molecule has 270 valence electrons. The van der Waals surface area contributed by atoms with Crippen LogP contribution in [0.25, 0.3) is 0 Å². The van der Waals surface area contributed by atoms with E-state index in [4.69, 9.17) is 26.3 Å². The van der Waals surface area contributed by atoms with Crippen molar-refractivity contribution >= 4 is 58.0 Å². The van der Waals surface area contributed by atoms with Gasteiger partial charge in [-0.05, 0) is 69.1 Å². The molecule has 2 rings (SSSR count). The molecule has 14 heteroatoms. The molecule has 5 atom stereocenters. The van der Waals surface area contributed by atoms with Gasteiger partial charge in [-0.1, -0.05) is 80.1 Å². The van der Waals surface area contributed by atoms with E-state index in [-0.39, 0.29) is 65.9 Å². The lowest BCUT2D eigenvalue weighted by Gasteiger charge is -2.30. The molecular formula is C33H64B2ClN5O6. The van der Waals surface area contributed by atoms with Gasteiger partial charge in [0.25, 0.3) is 0 Å². The minimum atomic E-state index is -0.929. The highest BCUT2D eigenvalue weighted by molar-refractivity contribution is 6.39. The molecule has 2 aliphatic rings. The smallest absolute Gasteiger partial charge is 0.386 e. The van der Waals surface area contributed by atoms with E-state index in [0.29, 0.717) is 18.2 Å². The van der Waals surface area contributed by atoms with Gasteiger partial charge in [0.05, 0.1) is 17.7 Å². The van der Waals surface area contributed by atoms with Gasteiger partial charge in [-0.2, -0.15) is 0 Å². The normalized spacial score (nSPS) is 18.2. The topological polar surface area (TPSA) is 188 Å². The number of hydrogen-bond donors (Lipinski definition) is 6. The van der Waals surface area contributed by atoms with E-state index in [1.807, 2.05) is 27.7 Å². The van der Waals surface area contributed by atoms with Gasteiger partial charge in [0.2, 0.25) is 11.8 Å². The molecule has 0 aromatic heterocycles. The second-order valence-electron chi connectivity index (χ2n) is 13.8. The van der Waals surface area contributed by atoms with E-state index < -0.39 is 11.8 Å². The molecular weight excluding hydrogens is 619 g/mol. The van der Waals surface area contributed by atoms with Crippen LogP contribution in [0.15, 0.2) is 0 Å². The predicted octanol–water partition coefficient (Wildman–Crippen LogP) is 5.99. The van der Waals surface area contributed by atoms with Crippen molar-refractivity contribution in [1.29, 1.82) is 10.8 Å². The Morgan fingerprint density at radius 1 is 0.681 bits per heavy atom. The molecule has 0 unspecified atom stereocenters. The summed E-state index contributed by atoms with van der Waals surface area (Å²) in [7, 11) is 2.61. The van der Waals surface area contributed by atoms with Crippen molar-refractivity contribution in [3.8, 4) is 0 Å². The number of carbonyl (C=O) groups is 3. The molecule has 47 heavy (non-hydrogen) atoms. The quantitative estimate of drug-likeness (QED) is 0.0654. The van der Waals surface area contributed by atoms with Crippen molar-refractivity contribution in [1.82, 2.24) is 10.6 Å². The van der Waals surface area contributed by atoms with Gasteiger partial charge in [0, 0.05) is 12.1 Å². The van der Waals surface area contributed by atoms with Crippen LogP contribution in [0.4, 0.5) is 0 Å². The Balaban J connectivity index is 0. The molecule has 0 heterocycles. The highest BCUT2D eigenvalue weighted by Crippen LogP contribution is 2.28. The number of nitrogens with one attached hydrogen (secondary N) is 4. The maximum absolute atomic E-state index is 12.2. The van der Waals surface area contributed by atoms with E-state index in [2.05, 4.69) is 29.1 Å². The predicted molar refractivity (Wildman–Crippen MR) is 194 cm³/mol. The first-order valence-electron chi connectivity index (χ1n) is 17.2. The first-order chi connectivity index (χ1) is 21.7. The van der Waals surface area contributed by atoms with E-state index in [1.54, 1.807) is 13.8 Å². The molecule has 0 aromatic carbocycles. The lowest BCUT2D eigenvalue weighted by atomic mass is 9.71. The molecule has 2 radical (unpaired) electrons. The van der Waals surface area contributed by atoms with Crippen LogP contribution in [0.1, 0.15) is 120 Å². The Labute approximate surface area is 292 Å². The fourth-order valence-corrected chi connectivity index (χ4v) is 5.72. The Hall–Kier alpha value is -2.27. The molecule has 0 aromatic rings. The summed E-state index contributed by atoms with van der Waals surface area (Å²) in [5.41, 5.74) is 5.83. The number of aliphatic carboxylic acids is 1. The number of carbonyl (C=O) groups excluding carboxylic acids is 2. The van der Waals surface area contributed by atoms with Crippen molar-refractivity contribution < 1.29 is 28.8 Å². The van der Waals surface area contributed by atoms with Crippen molar-refractivity contribution in [2.75, 3.05) is 0 Å². The summed E-state index contributed by atoms with van der Waals surface area (Å²) in [6.07, 6.45) is 14.3. The van der Waals surface area contributed by atoms with Crippen molar-refractivity contribution in [3.63, 3.8) is 0 Å². The first kappa shape index (κ1) is 46.8. The highest BCUT2D eigenvalue weighted by Gasteiger charge is 2.29. The molecule has 11 nitrogen and oxygen atoms in total. The van der Waals surface area contributed by atoms with Crippen LogP contribution in [-0.4, -0.2) is 68.8 Å². The second-order valence-corrected chi connectivity index (χ2v) is 13.8. The molecule has 2 amide bonds. The van der Waals surface area contributed by atoms with Gasteiger partial charge >= 0.3 is 20.9 Å². The van der Waals surface area contributed by atoms with E-state index in [0.717, 1.165) is 13.9 Å². The second kappa shape index (κ2) is 26.7. The van der Waals surface area contributed by atoms with Crippen molar-refractivity contribution in [2.24, 2.45) is 35.3 Å². The summed E-state index contributed by atoms with van der Waals surface area (Å²) >= 11 is 0. The first-order valence-corrected chi connectivity index (χ1v) is 17.2. The summed E-state index contributed by atoms with van der Waals surface area (Å²) in [4.78, 5) is 34.5. The Bertz CT molecular complexity index is 890. The molecule has 7 N–H and O–H groups in total. The third kappa shape index (κ3) is 20.0. The van der Waals surface area contributed by atoms with Crippen LogP contribution in [-0.2, 0) is 23.7 Å². The largest absolute Gasteiger partial charge is 0.555 e. The summed E-state index contributed by atoms with van der Waals surface area (Å²) in [5, 5.41) is 28.1. The Kier molecular flexibility index (Phi) is 26.6. The number of carboxylic acid groups (broad SMARTS) is 1. The minimum Gasteiger partial charge on any atom is -0.555 e. The Morgan fingerprint density at radius 2 is 1.04 bits per heavy atom. The number of hydrogen-bond acceptors (Lipinski definition) is 8. The lowest BCUT2D eigenvalue weighted by molar-refractivity contribution is -0.138. The van der Waals surface area contributed by atoms with Crippen LogP contribution >= 0.6 is 12.4 Å². The van der Waals surface area contributed by atoms with Crippen molar-refractivity contribution in [3.05, 3.63) is 0 Å². The molecule has 2 fully saturated rings. The van der Waals surface area contributed by atoms with Crippen LogP contribution in [0, 0.1) is 40.4 Å². The standard InChI is InChI=1S/C14H26BN2O2.C13H26N2O.C6H11BNO3.ClH/c1-10(2)13(15-19-9-16)14(18)17-11(3)12-7-5-4-6-8-12;1-9(2)12(14)13(16)15-10(3)11-7-5-4-6-8-11;1-4(2)5(6(9)10)7-11-3-8;/h9-13,16H,4-8H2,1-3H3,(H,17,18);9-12H,4-8,14H2,1-3H3,(H,15,16);3-5,8H,1-2H3,(H,9,10);1H/t11-,13+;10-,12+;5-;/m001./s1. The fourth-order valence-electron chi connectivity index (χ4n) is 5.72. The van der Waals surface area contributed by atoms with Crippen LogP contribution in [0.3, 0.4) is 0 Å². The molecule has 2 saturated carbocycles. The molecule has 0 bridgehead atoms. The average molecular weight is 684 g/mol. The van der Waals surface area contributed by atoms with Gasteiger partial charge in [-0.3, -0.25) is 25.2 Å². The molecule has 0 aliphatic heterocycles. The van der Waals surface area contributed by atoms with Crippen LogP contribution in [0.2, 0.25) is 11.6 Å². The van der Waals surface area contributed by atoms with Gasteiger partial charge in [-0.15, -0.1) is 12.4 Å². The number of rotatable bonds is 16. The zero-order valence-corrected chi connectivity index (χ0v) is 30.9. The fraction of sp³-hybridized carbons (Fsp3) is 0.848. The average Bonchev–Trinajstić information content (AvgIpc) is 3.01. The maximum Gasteiger partial charge on any atom is 0.386 e. The summed E-state index contributed by atoms with van der Waals surface area (Å²) in [6.45, 7) is 15.7. The van der Waals surface area contributed by atoms with Crippen molar-refractivity contribution in [2.45, 2.75) is 149 Å².